The molecule has 0 spiro atoms. The van der Waals surface area contributed by atoms with Gasteiger partial charge >= 0.3 is 0 Å². The van der Waals surface area contributed by atoms with E-state index in [1.165, 1.54) is 6.07 Å². The van der Waals surface area contributed by atoms with Crippen LogP contribution >= 0.6 is 47.0 Å². The molecule has 0 atom stereocenters. The van der Waals surface area contributed by atoms with Gasteiger partial charge in [-0.05, 0) is 79.3 Å². The van der Waals surface area contributed by atoms with Crippen LogP contribution in [0.5, 0.6) is 5.75 Å². The molecule has 1 aliphatic rings. The molecule has 0 saturated carbocycles. The third kappa shape index (κ3) is 7.54. The number of hydrogen-bond acceptors (Lipinski definition) is 5. The Bertz CT molecular complexity index is 1360. The van der Waals surface area contributed by atoms with Gasteiger partial charge in [0.1, 0.15) is 5.75 Å². The molecule has 3 aromatic rings. The fraction of sp³-hybridized carbons (Fsp3) is 0.250. The van der Waals surface area contributed by atoms with Crippen molar-refractivity contribution in [3.05, 3.63) is 86.9 Å². The van der Waals surface area contributed by atoms with Crippen molar-refractivity contribution in [3.8, 4) is 5.75 Å². The molecule has 0 bridgehead atoms. The quantitative estimate of drug-likeness (QED) is 0.299. The Labute approximate surface area is 248 Å². The first-order valence-corrected chi connectivity index (χ1v) is 13.9. The number of nitrogens with zero attached hydrogens (tertiary/aromatic N) is 2. The number of piperazine rings is 1. The number of ether oxygens (including phenoxy) is 1. The standard InChI is InChI=1S/C28H27Cl3N4O3S/c1-2-15-38-21-7-3-18(4-8-21)27(37)35-13-11-34(12-14-35)25-10-6-20(17-24(25)31)32-28(39)33-26(36)22-16-19(29)5-9-23(22)30/h3-10,16-17H,2,11-15H2,1H3,(H2,32,33,36,39). The van der Waals surface area contributed by atoms with Crippen molar-refractivity contribution in [3.63, 3.8) is 0 Å². The molecule has 7 nitrogen and oxygen atoms in total. The van der Waals surface area contributed by atoms with Crippen LogP contribution in [0.25, 0.3) is 0 Å². The van der Waals surface area contributed by atoms with Crippen molar-refractivity contribution in [2.75, 3.05) is 43.0 Å². The maximum absolute atomic E-state index is 13.0. The van der Waals surface area contributed by atoms with E-state index in [0.717, 1.165) is 17.9 Å². The number of carbonyl (C=O) groups excluding carboxylic acids is 2. The number of rotatable bonds is 7. The number of halogens is 3. The molecule has 1 fully saturated rings. The van der Waals surface area contributed by atoms with Crippen LogP contribution in [0.4, 0.5) is 11.4 Å². The summed E-state index contributed by atoms with van der Waals surface area (Å²) in [5, 5.41) is 6.83. The molecule has 1 heterocycles. The fourth-order valence-electron chi connectivity index (χ4n) is 4.09. The fourth-order valence-corrected chi connectivity index (χ4v) is 4.98. The van der Waals surface area contributed by atoms with Crippen molar-refractivity contribution in [2.24, 2.45) is 0 Å². The van der Waals surface area contributed by atoms with Gasteiger partial charge in [-0.15, -0.1) is 0 Å². The first-order valence-electron chi connectivity index (χ1n) is 12.4. The van der Waals surface area contributed by atoms with Crippen LogP contribution in [0.3, 0.4) is 0 Å². The van der Waals surface area contributed by atoms with Crippen LogP contribution in [0.2, 0.25) is 15.1 Å². The molecule has 1 saturated heterocycles. The lowest BCUT2D eigenvalue weighted by Crippen LogP contribution is -2.48. The normalized spacial score (nSPS) is 13.1. The smallest absolute Gasteiger partial charge is 0.258 e. The van der Waals surface area contributed by atoms with Crippen LogP contribution in [-0.2, 0) is 0 Å². The molecule has 1 aliphatic heterocycles. The molecule has 4 rings (SSSR count). The van der Waals surface area contributed by atoms with Gasteiger partial charge in [0.25, 0.3) is 11.8 Å². The summed E-state index contributed by atoms with van der Waals surface area (Å²) in [6.45, 7) is 5.14. The van der Waals surface area contributed by atoms with Gasteiger partial charge in [0.2, 0.25) is 0 Å². The Morgan fingerprint density at radius 1 is 0.923 bits per heavy atom. The second-order valence-electron chi connectivity index (χ2n) is 8.85. The third-order valence-electron chi connectivity index (χ3n) is 6.09. The van der Waals surface area contributed by atoms with Crippen LogP contribution in [0.15, 0.2) is 60.7 Å². The SMILES string of the molecule is CCCOc1ccc(C(=O)N2CCN(c3ccc(NC(=S)NC(=O)c4cc(Cl)ccc4Cl)cc3Cl)CC2)cc1. The summed E-state index contributed by atoms with van der Waals surface area (Å²) in [5.74, 6) is 0.285. The molecular formula is C28H27Cl3N4O3S. The minimum Gasteiger partial charge on any atom is -0.494 e. The number of carbonyl (C=O) groups is 2. The lowest BCUT2D eigenvalue weighted by atomic mass is 10.1. The second-order valence-corrected chi connectivity index (χ2v) is 10.5. The Balaban J connectivity index is 1.31. The molecule has 204 valence electrons. The van der Waals surface area contributed by atoms with Crippen LogP contribution < -0.4 is 20.3 Å². The van der Waals surface area contributed by atoms with Crippen LogP contribution in [0, 0.1) is 0 Å². The zero-order valence-corrected chi connectivity index (χ0v) is 24.3. The Morgan fingerprint density at radius 3 is 2.31 bits per heavy atom. The summed E-state index contributed by atoms with van der Waals surface area (Å²) < 4.78 is 5.60. The van der Waals surface area contributed by atoms with E-state index in [-0.39, 0.29) is 21.6 Å². The van der Waals surface area contributed by atoms with Gasteiger partial charge in [-0.2, -0.15) is 0 Å². The van der Waals surface area contributed by atoms with E-state index in [9.17, 15) is 9.59 Å². The monoisotopic (exact) mass is 604 g/mol. The van der Waals surface area contributed by atoms with Gasteiger partial charge in [-0.3, -0.25) is 14.9 Å². The summed E-state index contributed by atoms with van der Waals surface area (Å²) in [6.07, 6.45) is 0.931. The van der Waals surface area contributed by atoms with Crippen molar-refractivity contribution >= 4 is 75.3 Å². The summed E-state index contributed by atoms with van der Waals surface area (Å²) in [6, 6.07) is 17.3. The van der Waals surface area contributed by atoms with E-state index in [1.54, 1.807) is 30.3 Å². The van der Waals surface area contributed by atoms with E-state index in [1.807, 2.05) is 29.2 Å². The maximum atomic E-state index is 13.0. The zero-order chi connectivity index (χ0) is 27.9. The number of anilines is 2. The number of nitrogens with one attached hydrogen (secondary N) is 2. The van der Waals surface area contributed by atoms with E-state index < -0.39 is 5.91 Å². The number of thiocarbonyl (C=S) groups is 1. The van der Waals surface area contributed by atoms with Crippen LogP contribution in [0.1, 0.15) is 34.1 Å². The predicted octanol–water partition coefficient (Wildman–Crippen LogP) is 6.52. The number of hydrogen-bond donors (Lipinski definition) is 2. The van der Waals surface area contributed by atoms with Gasteiger partial charge in [0.05, 0.1) is 27.9 Å². The molecule has 39 heavy (non-hydrogen) atoms. The molecule has 0 aliphatic carbocycles. The summed E-state index contributed by atoms with van der Waals surface area (Å²) in [7, 11) is 0. The van der Waals surface area contributed by atoms with Gasteiger partial charge in [-0.25, -0.2) is 0 Å². The predicted molar refractivity (Wildman–Crippen MR) is 162 cm³/mol. The third-order valence-corrected chi connectivity index (χ3v) is 7.16. The topological polar surface area (TPSA) is 73.9 Å². The van der Waals surface area contributed by atoms with Gasteiger partial charge in [0.15, 0.2) is 5.11 Å². The molecule has 2 amide bonds. The molecule has 2 N–H and O–H groups in total. The highest BCUT2D eigenvalue weighted by molar-refractivity contribution is 7.80. The molecule has 0 unspecified atom stereocenters. The van der Waals surface area contributed by atoms with Gasteiger partial charge < -0.3 is 19.9 Å². The summed E-state index contributed by atoms with van der Waals surface area (Å²) in [5.41, 5.74) is 2.33. The average molecular weight is 606 g/mol. The summed E-state index contributed by atoms with van der Waals surface area (Å²) >= 11 is 23.9. The van der Waals surface area contributed by atoms with E-state index >= 15 is 0 Å². The first kappa shape index (κ1) is 29.0. The highest BCUT2D eigenvalue weighted by atomic mass is 35.5. The van der Waals surface area contributed by atoms with Crippen molar-refractivity contribution in [2.45, 2.75) is 13.3 Å². The second kappa shape index (κ2) is 13.3. The first-order chi connectivity index (χ1) is 18.7. The highest BCUT2D eigenvalue weighted by Crippen LogP contribution is 2.30. The zero-order valence-electron chi connectivity index (χ0n) is 21.2. The van der Waals surface area contributed by atoms with E-state index in [4.69, 9.17) is 51.8 Å². The van der Waals surface area contributed by atoms with Crippen molar-refractivity contribution in [1.82, 2.24) is 10.2 Å². The number of benzene rings is 3. The largest absolute Gasteiger partial charge is 0.494 e. The highest BCUT2D eigenvalue weighted by Gasteiger charge is 2.23. The van der Waals surface area contributed by atoms with E-state index in [2.05, 4.69) is 22.5 Å². The Hall–Kier alpha value is -3.04. The number of amides is 2. The van der Waals surface area contributed by atoms with Gasteiger partial charge in [0, 0.05) is 42.5 Å². The average Bonchev–Trinajstić information content (AvgIpc) is 2.93. The molecule has 11 heteroatoms. The van der Waals surface area contributed by atoms with Crippen LogP contribution in [-0.4, -0.2) is 54.6 Å². The summed E-state index contributed by atoms with van der Waals surface area (Å²) in [4.78, 5) is 29.5. The minimum absolute atomic E-state index is 0.00282. The molecule has 0 aromatic heterocycles. The maximum Gasteiger partial charge on any atom is 0.258 e. The Morgan fingerprint density at radius 2 is 1.64 bits per heavy atom. The Kier molecular flexibility index (Phi) is 9.91. The van der Waals surface area contributed by atoms with Crippen molar-refractivity contribution < 1.29 is 14.3 Å². The minimum atomic E-state index is -0.476. The lowest BCUT2D eigenvalue weighted by Gasteiger charge is -2.36. The van der Waals surface area contributed by atoms with Crippen molar-refractivity contribution in [1.29, 1.82) is 0 Å². The molecular weight excluding hydrogens is 579 g/mol. The molecule has 3 aromatic carbocycles. The lowest BCUT2D eigenvalue weighted by molar-refractivity contribution is 0.0746. The molecule has 0 radical (unpaired) electrons. The van der Waals surface area contributed by atoms with Gasteiger partial charge in [-0.1, -0.05) is 41.7 Å². The van der Waals surface area contributed by atoms with E-state index in [0.29, 0.717) is 54.1 Å².